The SMILES string of the molecule is CC1CNC(C2CCCCC2)CN1Cc1ncon1. The number of rotatable bonds is 3. The van der Waals surface area contributed by atoms with E-state index in [1.54, 1.807) is 0 Å². The van der Waals surface area contributed by atoms with Gasteiger partial charge in [-0.15, -0.1) is 0 Å². The van der Waals surface area contributed by atoms with E-state index in [4.69, 9.17) is 4.52 Å². The Morgan fingerprint density at radius 1 is 1.37 bits per heavy atom. The molecule has 5 heteroatoms. The lowest BCUT2D eigenvalue weighted by atomic mass is 9.82. The van der Waals surface area contributed by atoms with E-state index in [9.17, 15) is 0 Å². The van der Waals surface area contributed by atoms with Crippen LogP contribution in [0.25, 0.3) is 0 Å². The first-order valence-corrected chi connectivity index (χ1v) is 7.55. The Morgan fingerprint density at radius 3 is 2.95 bits per heavy atom. The van der Waals surface area contributed by atoms with Crippen LogP contribution >= 0.6 is 0 Å². The fraction of sp³-hybridized carbons (Fsp3) is 0.857. The van der Waals surface area contributed by atoms with Gasteiger partial charge in [-0.25, -0.2) is 0 Å². The van der Waals surface area contributed by atoms with Crippen molar-refractivity contribution in [3.05, 3.63) is 12.2 Å². The fourth-order valence-corrected chi connectivity index (χ4v) is 3.46. The zero-order valence-corrected chi connectivity index (χ0v) is 11.7. The van der Waals surface area contributed by atoms with Gasteiger partial charge in [-0.1, -0.05) is 24.4 Å². The molecule has 5 nitrogen and oxygen atoms in total. The van der Waals surface area contributed by atoms with Crippen LogP contribution in [0.5, 0.6) is 0 Å². The molecule has 2 atom stereocenters. The number of aromatic nitrogens is 2. The van der Waals surface area contributed by atoms with Crippen LogP contribution < -0.4 is 5.32 Å². The molecule has 2 aliphatic rings. The molecular formula is C14H24N4O. The third-order valence-electron chi connectivity index (χ3n) is 4.70. The maximum absolute atomic E-state index is 4.83. The Bertz CT molecular complexity index is 375. The average molecular weight is 264 g/mol. The van der Waals surface area contributed by atoms with Crippen molar-refractivity contribution in [3.8, 4) is 0 Å². The van der Waals surface area contributed by atoms with E-state index in [0.29, 0.717) is 12.1 Å². The zero-order chi connectivity index (χ0) is 13.1. The summed E-state index contributed by atoms with van der Waals surface area (Å²) in [5, 5.41) is 7.68. The lowest BCUT2D eigenvalue weighted by Gasteiger charge is -2.42. The van der Waals surface area contributed by atoms with E-state index in [1.165, 1.54) is 38.5 Å². The van der Waals surface area contributed by atoms with E-state index < -0.39 is 0 Å². The van der Waals surface area contributed by atoms with Crippen molar-refractivity contribution >= 4 is 0 Å². The van der Waals surface area contributed by atoms with Gasteiger partial charge in [0.25, 0.3) is 0 Å². The minimum atomic E-state index is 0.540. The van der Waals surface area contributed by atoms with Crippen LogP contribution in [-0.4, -0.2) is 40.2 Å². The molecule has 2 heterocycles. The lowest BCUT2D eigenvalue weighted by molar-refractivity contribution is 0.0950. The molecule has 0 spiro atoms. The van der Waals surface area contributed by atoms with Gasteiger partial charge in [0.05, 0.1) is 6.54 Å². The molecule has 2 fully saturated rings. The lowest BCUT2D eigenvalue weighted by Crippen LogP contribution is -2.57. The van der Waals surface area contributed by atoms with Crippen molar-refractivity contribution in [1.29, 1.82) is 0 Å². The van der Waals surface area contributed by atoms with Crippen LogP contribution in [0.1, 0.15) is 44.9 Å². The summed E-state index contributed by atoms with van der Waals surface area (Å²) in [5.41, 5.74) is 0. The average Bonchev–Trinajstić information content (AvgIpc) is 2.95. The predicted molar refractivity (Wildman–Crippen MR) is 72.5 cm³/mol. The summed E-state index contributed by atoms with van der Waals surface area (Å²) < 4.78 is 4.83. The van der Waals surface area contributed by atoms with Crippen LogP contribution in [0.3, 0.4) is 0 Å². The summed E-state index contributed by atoms with van der Waals surface area (Å²) in [7, 11) is 0. The Hall–Kier alpha value is -0.940. The number of hydrogen-bond acceptors (Lipinski definition) is 5. The number of nitrogens with zero attached hydrogens (tertiary/aromatic N) is 3. The maximum atomic E-state index is 4.83. The van der Waals surface area contributed by atoms with E-state index in [-0.39, 0.29) is 0 Å². The van der Waals surface area contributed by atoms with Crippen LogP contribution in [0.15, 0.2) is 10.9 Å². The Morgan fingerprint density at radius 2 is 2.21 bits per heavy atom. The molecule has 1 saturated heterocycles. The molecule has 1 saturated carbocycles. The molecular weight excluding hydrogens is 240 g/mol. The second-order valence-electron chi connectivity index (χ2n) is 6.04. The third-order valence-corrected chi connectivity index (χ3v) is 4.70. The molecule has 1 N–H and O–H groups in total. The van der Waals surface area contributed by atoms with Crippen LogP contribution in [0.2, 0.25) is 0 Å². The summed E-state index contributed by atoms with van der Waals surface area (Å²) in [6.45, 7) is 5.26. The standard InChI is InChI=1S/C14H24N4O/c1-11-7-15-13(12-5-3-2-4-6-12)8-18(11)9-14-16-10-19-17-14/h10-13,15H,2-9H2,1H3. The van der Waals surface area contributed by atoms with Crippen molar-refractivity contribution in [1.82, 2.24) is 20.4 Å². The minimum Gasteiger partial charge on any atom is -0.343 e. The van der Waals surface area contributed by atoms with Gasteiger partial charge in [0.15, 0.2) is 5.82 Å². The highest BCUT2D eigenvalue weighted by Gasteiger charge is 2.31. The normalized spacial score (nSPS) is 30.6. The number of nitrogens with one attached hydrogen (secondary N) is 1. The number of piperazine rings is 1. The first-order chi connectivity index (χ1) is 9.33. The van der Waals surface area contributed by atoms with Crippen molar-refractivity contribution in [2.45, 2.75) is 57.7 Å². The second kappa shape index (κ2) is 6.01. The highest BCUT2D eigenvalue weighted by molar-refractivity contribution is 4.91. The summed E-state index contributed by atoms with van der Waals surface area (Å²) in [5.74, 6) is 1.66. The highest BCUT2D eigenvalue weighted by Crippen LogP contribution is 2.28. The van der Waals surface area contributed by atoms with Crippen LogP contribution in [0.4, 0.5) is 0 Å². The Kier molecular flexibility index (Phi) is 4.13. The van der Waals surface area contributed by atoms with Gasteiger partial charge >= 0.3 is 0 Å². The molecule has 0 bridgehead atoms. The highest BCUT2D eigenvalue weighted by atomic mass is 16.5. The van der Waals surface area contributed by atoms with Crippen molar-refractivity contribution in [2.24, 2.45) is 5.92 Å². The van der Waals surface area contributed by atoms with Gasteiger partial charge in [0.1, 0.15) is 0 Å². The zero-order valence-electron chi connectivity index (χ0n) is 11.7. The fourth-order valence-electron chi connectivity index (χ4n) is 3.46. The van der Waals surface area contributed by atoms with Gasteiger partial charge in [0, 0.05) is 25.2 Å². The van der Waals surface area contributed by atoms with Crippen molar-refractivity contribution in [3.63, 3.8) is 0 Å². The summed E-state index contributed by atoms with van der Waals surface area (Å²) >= 11 is 0. The molecule has 106 valence electrons. The molecule has 0 radical (unpaired) electrons. The molecule has 0 aromatic carbocycles. The van der Waals surface area contributed by atoms with Crippen LogP contribution in [0, 0.1) is 5.92 Å². The van der Waals surface area contributed by atoms with Gasteiger partial charge in [-0.3, -0.25) is 4.90 Å². The van der Waals surface area contributed by atoms with Gasteiger partial charge in [-0.2, -0.15) is 4.98 Å². The summed E-state index contributed by atoms with van der Waals surface area (Å²) in [4.78, 5) is 6.63. The summed E-state index contributed by atoms with van der Waals surface area (Å²) in [6, 6.07) is 1.18. The first-order valence-electron chi connectivity index (χ1n) is 7.55. The Labute approximate surface area is 114 Å². The molecule has 1 aromatic rings. The van der Waals surface area contributed by atoms with Crippen molar-refractivity contribution in [2.75, 3.05) is 13.1 Å². The molecule has 1 aromatic heterocycles. The van der Waals surface area contributed by atoms with E-state index in [1.807, 2.05) is 0 Å². The van der Waals surface area contributed by atoms with E-state index >= 15 is 0 Å². The number of hydrogen-bond donors (Lipinski definition) is 1. The third kappa shape index (κ3) is 3.15. The smallest absolute Gasteiger partial charge is 0.213 e. The van der Waals surface area contributed by atoms with Gasteiger partial charge in [0.2, 0.25) is 6.39 Å². The predicted octanol–water partition coefficient (Wildman–Crippen LogP) is 1.81. The molecule has 3 rings (SSSR count). The monoisotopic (exact) mass is 264 g/mol. The van der Waals surface area contributed by atoms with Crippen molar-refractivity contribution < 1.29 is 4.52 Å². The molecule has 2 unspecified atom stereocenters. The van der Waals surface area contributed by atoms with E-state index in [0.717, 1.165) is 31.4 Å². The largest absolute Gasteiger partial charge is 0.343 e. The minimum absolute atomic E-state index is 0.540. The molecule has 0 amide bonds. The molecule has 1 aliphatic heterocycles. The topological polar surface area (TPSA) is 54.2 Å². The van der Waals surface area contributed by atoms with Gasteiger partial charge in [-0.05, 0) is 25.7 Å². The van der Waals surface area contributed by atoms with Gasteiger partial charge < -0.3 is 9.84 Å². The quantitative estimate of drug-likeness (QED) is 0.902. The summed E-state index contributed by atoms with van der Waals surface area (Å²) in [6.07, 6.45) is 8.43. The van der Waals surface area contributed by atoms with Crippen LogP contribution in [-0.2, 0) is 6.54 Å². The molecule has 1 aliphatic carbocycles. The van der Waals surface area contributed by atoms with E-state index in [2.05, 4.69) is 27.3 Å². The maximum Gasteiger partial charge on any atom is 0.213 e. The molecule has 19 heavy (non-hydrogen) atoms. The Balaban J connectivity index is 1.59. The second-order valence-corrected chi connectivity index (χ2v) is 6.04. The first kappa shape index (κ1) is 13.1.